The molecule has 0 spiro atoms. The SMILES string of the molecule is C=C(C)[C@@H]1CC[C@]2(C(=O)NCCC)CC[C@]3(C)[C@H](CC[C@@H]4[C@@]5(C)CC[C@H](OC(=O)CC(C)(C)C(=O)O)C(C)(C)[C@@H]5CC[C@]43C)[C@@H]12. The van der Waals surface area contributed by atoms with E-state index >= 15 is 0 Å². The van der Waals surface area contributed by atoms with Gasteiger partial charge in [-0.2, -0.15) is 0 Å². The molecule has 5 rings (SSSR count). The first-order valence-electron chi connectivity index (χ1n) is 18.2. The fourth-order valence-electron chi connectivity index (χ4n) is 12.8. The molecule has 0 unspecified atom stereocenters. The largest absolute Gasteiger partial charge is 0.481 e. The minimum atomic E-state index is -1.14. The Morgan fingerprint density at radius 1 is 0.889 bits per heavy atom. The van der Waals surface area contributed by atoms with Crippen LogP contribution >= 0.6 is 0 Å². The number of hydrogen-bond acceptors (Lipinski definition) is 4. The normalized spacial score (nSPS) is 43.6. The van der Waals surface area contributed by atoms with Gasteiger partial charge in [0.1, 0.15) is 6.10 Å². The van der Waals surface area contributed by atoms with Crippen LogP contribution in [0.3, 0.4) is 0 Å². The highest BCUT2D eigenvalue weighted by molar-refractivity contribution is 5.84. The summed E-state index contributed by atoms with van der Waals surface area (Å²) in [5.74, 6) is 1.27. The van der Waals surface area contributed by atoms with Crippen molar-refractivity contribution in [3.63, 3.8) is 0 Å². The Kier molecular flexibility index (Phi) is 8.73. The summed E-state index contributed by atoms with van der Waals surface area (Å²) in [4.78, 5) is 38.7. The van der Waals surface area contributed by atoms with Crippen LogP contribution in [-0.2, 0) is 19.1 Å². The van der Waals surface area contributed by atoms with E-state index in [1.165, 1.54) is 24.8 Å². The Hall–Kier alpha value is -1.85. The molecule has 10 atom stereocenters. The summed E-state index contributed by atoms with van der Waals surface area (Å²) < 4.78 is 6.15. The van der Waals surface area contributed by atoms with Gasteiger partial charge < -0.3 is 15.2 Å². The van der Waals surface area contributed by atoms with Gasteiger partial charge in [0.25, 0.3) is 0 Å². The van der Waals surface area contributed by atoms with E-state index in [0.717, 1.165) is 57.9 Å². The Labute approximate surface area is 273 Å². The Morgan fingerprint density at radius 3 is 2.20 bits per heavy atom. The van der Waals surface area contributed by atoms with Crippen molar-refractivity contribution in [1.82, 2.24) is 5.32 Å². The van der Waals surface area contributed by atoms with Crippen LogP contribution in [0.4, 0.5) is 0 Å². The standard InChI is InChI=1S/C39H63NO5/c1-11-22-40-32(42)39-19-14-25(24(2)3)31(39)26-12-13-28-36(8)17-16-29(45-30(41)23-34(4,5)33(43)44)35(6,7)27(36)15-18-38(28,10)37(26,9)20-21-39/h25-29,31H,2,11-23H2,1,3-10H3,(H,40,42)(H,43,44)/t25-,26+,27-,28+,29-,31+,36-,37+,38+,39-/m0/s1. The van der Waals surface area contributed by atoms with Crippen molar-refractivity contribution < 1.29 is 24.2 Å². The number of allylic oxidation sites excluding steroid dienone is 1. The first kappa shape index (κ1) is 34.5. The number of fused-ring (bicyclic) bond motifs is 7. The first-order valence-corrected chi connectivity index (χ1v) is 18.2. The number of carboxylic acids is 1. The summed E-state index contributed by atoms with van der Waals surface area (Å²) in [7, 11) is 0. The maximum Gasteiger partial charge on any atom is 0.309 e. The maximum absolute atomic E-state index is 14.0. The number of aliphatic carboxylic acids is 1. The second-order valence-corrected chi connectivity index (χ2v) is 18.3. The zero-order valence-corrected chi connectivity index (χ0v) is 29.9. The van der Waals surface area contributed by atoms with Crippen molar-refractivity contribution in [1.29, 1.82) is 0 Å². The van der Waals surface area contributed by atoms with Crippen molar-refractivity contribution in [2.75, 3.05) is 6.54 Å². The van der Waals surface area contributed by atoms with Gasteiger partial charge in [-0.05, 0) is 137 Å². The molecular weight excluding hydrogens is 562 g/mol. The maximum atomic E-state index is 14.0. The molecule has 2 N–H and O–H groups in total. The predicted octanol–water partition coefficient (Wildman–Crippen LogP) is 8.58. The highest BCUT2D eigenvalue weighted by Gasteiger charge is 2.72. The Bertz CT molecular complexity index is 1220. The van der Waals surface area contributed by atoms with Gasteiger partial charge in [0.05, 0.1) is 17.3 Å². The first-order chi connectivity index (χ1) is 20.8. The number of carbonyl (C=O) groups is 3. The Balaban J connectivity index is 1.42. The zero-order chi connectivity index (χ0) is 33.4. The number of carbonyl (C=O) groups excluding carboxylic acids is 2. The number of ether oxygens (including phenoxy) is 1. The smallest absolute Gasteiger partial charge is 0.309 e. The van der Waals surface area contributed by atoms with E-state index in [-0.39, 0.29) is 39.6 Å². The van der Waals surface area contributed by atoms with Crippen molar-refractivity contribution >= 4 is 17.8 Å². The van der Waals surface area contributed by atoms with Crippen LogP contribution in [0.25, 0.3) is 0 Å². The number of amides is 1. The fourth-order valence-corrected chi connectivity index (χ4v) is 12.8. The molecule has 6 heteroatoms. The molecule has 6 nitrogen and oxygen atoms in total. The number of carboxylic acid groups (broad SMARTS) is 1. The molecule has 0 heterocycles. The van der Waals surface area contributed by atoms with Crippen molar-refractivity contribution in [2.24, 2.45) is 62.1 Å². The molecule has 0 radical (unpaired) electrons. The van der Waals surface area contributed by atoms with Crippen LogP contribution in [0.5, 0.6) is 0 Å². The zero-order valence-electron chi connectivity index (χ0n) is 29.9. The molecule has 0 aromatic carbocycles. The lowest BCUT2D eigenvalue weighted by molar-refractivity contribution is -0.249. The highest BCUT2D eigenvalue weighted by Crippen LogP contribution is 2.77. The van der Waals surface area contributed by atoms with Crippen LogP contribution in [0.15, 0.2) is 12.2 Å². The van der Waals surface area contributed by atoms with Gasteiger partial charge in [0.15, 0.2) is 0 Å². The van der Waals surface area contributed by atoms with Crippen molar-refractivity contribution in [3.05, 3.63) is 12.2 Å². The Morgan fingerprint density at radius 2 is 1.58 bits per heavy atom. The lowest BCUT2D eigenvalue weighted by Gasteiger charge is -2.72. The minimum absolute atomic E-state index is 0.110. The van der Waals surface area contributed by atoms with E-state index in [1.54, 1.807) is 13.8 Å². The highest BCUT2D eigenvalue weighted by atomic mass is 16.5. The van der Waals surface area contributed by atoms with Crippen LogP contribution in [0.2, 0.25) is 0 Å². The molecule has 0 saturated heterocycles. The van der Waals surface area contributed by atoms with Gasteiger partial charge in [-0.25, -0.2) is 0 Å². The molecule has 1 amide bonds. The quantitative estimate of drug-likeness (QED) is 0.208. The van der Waals surface area contributed by atoms with Crippen molar-refractivity contribution in [3.8, 4) is 0 Å². The number of esters is 1. The average molecular weight is 626 g/mol. The third kappa shape index (κ3) is 5.04. The summed E-state index contributed by atoms with van der Waals surface area (Å²) in [6.45, 7) is 25.1. The molecule has 5 fully saturated rings. The van der Waals surface area contributed by atoms with Gasteiger partial charge in [0.2, 0.25) is 5.91 Å². The van der Waals surface area contributed by atoms with E-state index in [0.29, 0.717) is 35.5 Å². The molecule has 0 aromatic heterocycles. The summed E-state index contributed by atoms with van der Waals surface area (Å²) in [5.41, 5.74) is 0.166. The van der Waals surface area contributed by atoms with Gasteiger partial charge in [-0.1, -0.05) is 53.7 Å². The van der Waals surface area contributed by atoms with Gasteiger partial charge in [0, 0.05) is 12.0 Å². The fraction of sp³-hybridized carbons (Fsp3) is 0.872. The van der Waals surface area contributed by atoms with E-state index in [4.69, 9.17) is 4.74 Å². The van der Waals surface area contributed by atoms with Crippen LogP contribution in [-0.4, -0.2) is 35.6 Å². The topological polar surface area (TPSA) is 92.7 Å². The molecule has 0 bridgehead atoms. The van der Waals surface area contributed by atoms with Gasteiger partial charge in [-0.3, -0.25) is 14.4 Å². The lowest BCUT2D eigenvalue weighted by atomic mass is 9.32. The third-order valence-corrected chi connectivity index (χ3v) is 15.4. The van der Waals surface area contributed by atoms with E-state index in [2.05, 4.69) is 60.4 Å². The summed E-state index contributed by atoms with van der Waals surface area (Å²) >= 11 is 0. The van der Waals surface area contributed by atoms with Crippen LogP contribution < -0.4 is 5.32 Å². The van der Waals surface area contributed by atoms with Crippen LogP contribution in [0.1, 0.15) is 139 Å². The van der Waals surface area contributed by atoms with Gasteiger partial charge in [-0.15, -0.1) is 0 Å². The monoisotopic (exact) mass is 625 g/mol. The van der Waals surface area contributed by atoms with Crippen molar-refractivity contribution in [2.45, 2.75) is 145 Å². The summed E-state index contributed by atoms with van der Waals surface area (Å²) in [6.07, 6.45) is 11.4. The molecule has 5 saturated carbocycles. The molecule has 45 heavy (non-hydrogen) atoms. The predicted molar refractivity (Wildman–Crippen MR) is 178 cm³/mol. The third-order valence-electron chi connectivity index (χ3n) is 15.4. The molecular formula is C39H63NO5. The van der Waals surface area contributed by atoms with Crippen LogP contribution in [0, 0.1) is 62.1 Å². The average Bonchev–Trinajstić information content (AvgIpc) is 3.34. The molecule has 254 valence electrons. The second kappa shape index (κ2) is 11.4. The number of nitrogens with one attached hydrogen (secondary N) is 1. The summed E-state index contributed by atoms with van der Waals surface area (Å²) in [5, 5.41) is 12.9. The second-order valence-electron chi connectivity index (χ2n) is 18.3. The van der Waals surface area contributed by atoms with Gasteiger partial charge >= 0.3 is 11.9 Å². The molecule has 5 aliphatic rings. The molecule has 0 aromatic rings. The van der Waals surface area contributed by atoms with E-state index < -0.39 is 17.4 Å². The number of hydrogen-bond donors (Lipinski definition) is 2. The minimum Gasteiger partial charge on any atom is -0.481 e. The van der Waals surface area contributed by atoms with E-state index in [1.807, 2.05) is 0 Å². The number of rotatable bonds is 8. The lowest BCUT2D eigenvalue weighted by Crippen LogP contribution is -2.67. The molecule has 0 aliphatic heterocycles. The molecule has 5 aliphatic carbocycles. The van der Waals surface area contributed by atoms with E-state index in [9.17, 15) is 19.5 Å². The summed E-state index contributed by atoms with van der Waals surface area (Å²) in [6, 6.07) is 0.